The lowest BCUT2D eigenvalue weighted by Crippen LogP contribution is -2.02. The zero-order chi connectivity index (χ0) is 20.4. The van der Waals surface area contributed by atoms with Crippen molar-refractivity contribution in [2.45, 2.75) is 27.2 Å². The molecule has 0 saturated carbocycles. The third-order valence-corrected chi connectivity index (χ3v) is 5.25. The van der Waals surface area contributed by atoms with Crippen molar-refractivity contribution in [2.75, 3.05) is 11.9 Å². The van der Waals surface area contributed by atoms with Crippen LogP contribution in [0.2, 0.25) is 5.02 Å². The summed E-state index contributed by atoms with van der Waals surface area (Å²) in [6.07, 6.45) is 6.53. The van der Waals surface area contributed by atoms with Gasteiger partial charge in [-0.05, 0) is 55.7 Å². The molecule has 4 aromatic rings. The highest BCUT2D eigenvalue weighted by atomic mass is 35.5. The number of aryl methyl sites for hydroxylation is 2. The quantitative estimate of drug-likeness (QED) is 0.422. The normalized spacial score (nSPS) is 11.0. The summed E-state index contributed by atoms with van der Waals surface area (Å²) in [7, 11) is 0. The topological polar surface area (TPSA) is 51.5 Å². The van der Waals surface area contributed by atoms with Gasteiger partial charge in [0.25, 0.3) is 0 Å². The van der Waals surface area contributed by atoms with Gasteiger partial charge >= 0.3 is 0 Å². The molecular formula is C23H23ClN4O. The van der Waals surface area contributed by atoms with Crippen LogP contribution in [0.15, 0.2) is 55.0 Å². The molecule has 0 saturated heterocycles. The number of ether oxygens (including phenoxy) is 1. The van der Waals surface area contributed by atoms with Gasteiger partial charge in [-0.25, -0.2) is 9.97 Å². The van der Waals surface area contributed by atoms with Gasteiger partial charge in [-0.15, -0.1) is 0 Å². The second-order valence-electron chi connectivity index (χ2n) is 6.83. The molecular weight excluding hydrogens is 384 g/mol. The van der Waals surface area contributed by atoms with Crippen LogP contribution in [-0.2, 0) is 6.42 Å². The number of nitrogens with one attached hydrogen (secondary N) is 1. The van der Waals surface area contributed by atoms with E-state index < -0.39 is 0 Å². The number of imidazole rings is 1. The first kappa shape index (κ1) is 19.3. The number of hydrogen-bond donors (Lipinski definition) is 1. The number of rotatable bonds is 6. The molecule has 0 fully saturated rings. The van der Waals surface area contributed by atoms with Crippen molar-refractivity contribution >= 4 is 28.8 Å². The first-order chi connectivity index (χ1) is 14.1. The van der Waals surface area contributed by atoms with E-state index in [-0.39, 0.29) is 0 Å². The maximum atomic E-state index is 6.33. The molecule has 0 amide bonds. The second kappa shape index (κ2) is 8.13. The Hall–Kier alpha value is -3.05. The minimum absolute atomic E-state index is 0.650. The number of benzene rings is 2. The van der Waals surface area contributed by atoms with Crippen molar-refractivity contribution < 1.29 is 4.74 Å². The molecule has 0 spiro atoms. The molecule has 4 rings (SSSR count). The molecule has 0 bridgehead atoms. The van der Waals surface area contributed by atoms with Crippen LogP contribution in [0.1, 0.15) is 25.0 Å². The van der Waals surface area contributed by atoms with E-state index in [0.29, 0.717) is 12.4 Å². The first-order valence-corrected chi connectivity index (χ1v) is 10.1. The molecule has 0 atom stereocenters. The molecule has 2 aromatic carbocycles. The van der Waals surface area contributed by atoms with Crippen LogP contribution in [0.3, 0.4) is 0 Å². The number of hydrogen-bond acceptors (Lipinski definition) is 4. The third kappa shape index (κ3) is 3.91. The summed E-state index contributed by atoms with van der Waals surface area (Å²) < 4.78 is 7.68. The van der Waals surface area contributed by atoms with Crippen LogP contribution in [0.5, 0.6) is 5.75 Å². The maximum absolute atomic E-state index is 6.33. The Morgan fingerprint density at radius 2 is 2.00 bits per heavy atom. The summed E-state index contributed by atoms with van der Waals surface area (Å²) in [6.45, 7) is 6.75. The highest BCUT2D eigenvalue weighted by molar-refractivity contribution is 6.31. The fourth-order valence-corrected chi connectivity index (χ4v) is 3.45. The monoisotopic (exact) mass is 406 g/mol. The van der Waals surface area contributed by atoms with E-state index in [0.717, 1.165) is 50.9 Å². The molecule has 0 aliphatic heterocycles. The van der Waals surface area contributed by atoms with E-state index in [1.165, 1.54) is 0 Å². The highest BCUT2D eigenvalue weighted by Crippen LogP contribution is 2.29. The van der Waals surface area contributed by atoms with Gasteiger partial charge in [0.05, 0.1) is 12.3 Å². The van der Waals surface area contributed by atoms with Crippen molar-refractivity contribution in [3.8, 4) is 17.0 Å². The van der Waals surface area contributed by atoms with Crippen LogP contribution >= 0.6 is 11.6 Å². The number of anilines is 2. The number of aromatic nitrogens is 3. The Balaban J connectivity index is 1.75. The Bertz CT molecular complexity index is 1170. The summed E-state index contributed by atoms with van der Waals surface area (Å²) in [6, 6.07) is 12.1. The molecule has 0 aliphatic carbocycles. The second-order valence-corrected chi connectivity index (χ2v) is 7.24. The molecule has 2 heterocycles. The van der Waals surface area contributed by atoms with Crippen molar-refractivity contribution in [2.24, 2.45) is 0 Å². The predicted molar refractivity (Wildman–Crippen MR) is 118 cm³/mol. The predicted octanol–water partition coefficient (Wildman–Crippen LogP) is 6.06. The Kier molecular flexibility index (Phi) is 5.41. The average Bonchev–Trinajstić information content (AvgIpc) is 3.20. The van der Waals surface area contributed by atoms with Crippen LogP contribution in [0.25, 0.3) is 16.9 Å². The Morgan fingerprint density at radius 1 is 1.14 bits per heavy atom. The summed E-state index contributed by atoms with van der Waals surface area (Å²) in [5.74, 6) is 1.61. The molecule has 6 heteroatoms. The van der Waals surface area contributed by atoms with Gasteiger partial charge in [0.2, 0.25) is 0 Å². The standard InChI is InChI=1S/C23H23ClN4O/c1-4-16-12-18(8-9-21(16)29-5-2)26-22-23-25-10-11-28(23)14-20(27-22)17-7-6-15(3)19(24)13-17/h6-14H,4-5H2,1-3H3,(H,26,27). The van der Waals surface area contributed by atoms with E-state index in [1.807, 2.05) is 61.0 Å². The first-order valence-electron chi connectivity index (χ1n) is 9.72. The Labute approximate surface area is 175 Å². The van der Waals surface area contributed by atoms with Crippen LogP contribution in [-0.4, -0.2) is 21.0 Å². The molecule has 2 aromatic heterocycles. The van der Waals surface area contributed by atoms with Crippen molar-refractivity contribution in [1.82, 2.24) is 14.4 Å². The molecule has 1 N–H and O–H groups in total. The average molecular weight is 407 g/mol. The molecule has 0 radical (unpaired) electrons. The number of nitrogens with zero attached hydrogens (tertiary/aromatic N) is 3. The zero-order valence-corrected chi connectivity index (χ0v) is 17.5. The Morgan fingerprint density at radius 3 is 2.76 bits per heavy atom. The number of fused-ring (bicyclic) bond motifs is 1. The molecule has 0 aliphatic rings. The van der Waals surface area contributed by atoms with E-state index in [9.17, 15) is 0 Å². The van der Waals surface area contributed by atoms with E-state index in [1.54, 1.807) is 6.20 Å². The largest absolute Gasteiger partial charge is 0.494 e. The van der Waals surface area contributed by atoms with Gasteiger partial charge < -0.3 is 14.5 Å². The minimum atomic E-state index is 0.650. The SMILES string of the molecule is CCOc1ccc(Nc2nc(-c3ccc(C)c(Cl)c3)cn3ccnc23)cc1CC. The summed E-state index contributed by atoms with van der Waals surface area (Å²) in [5.41, 5.74) is 5.68. The molecule has 148 valence electrons. The van der Waals surface area contributed by atoms with E-state index in [2.05, 4.69) is 23.3 Å². The molecule has 29 heavy (non-hydrogen) atoms. The summed E-state index contributed by atoms with van der Waals surface area (Å²) in [4.78, 5) is 9.30. The lowest BCUT2D eigenvalue weighted by Gasteiger charge is -2.13. The lowest BCUT2D eigenvalue weighted by atomic mass is 10.1. The zero-order valence-electron chi connectivity index (χ0n) is 16.7. The highest BCUT2D eigenvalue weighted by Gasteiger charge is 2.12. The minimum Gasteiger partial charge on any atom is -0.494 e. The van der Waals surface area contributed by atoms with Crippen molar-refractivity contribution in [3.05, 3.63) is 71.1 Å². The smallest absolute Gasteiger partial charge is 0.180 e. The summed E-state index contributed by atoms with van der Waals surface area (Å²) >= 11 is 6.33. The number of halogens is 1. The van der Waals surface area contributed by atoms with Gasteiger partial charge in [0.1, 0.15) is 5.75 Å². The fourth-order valence-electron chi connectivity index (χ4n) is 3.27. The molecule has 0 unspecified atom stereocenters. The van der Waals surface area contributed by atoms with Gasteiger partial charge in [0, 0.05) is 34.9 Å². The van der Waals surface area contributed by atoms with Crippen molar-refractivity contribution in [3.63, 3.8) is 0 Å². The van der Waals surface area contributed by atoms with E-state index in [4.69, 9.17) is 21.3 Å². The maximum Gasteiger partial charge on any atom is 0.180 e. The van der Waals surface area contributed by atoms with Gasteiger partial charge in [-0.2, -0.15) is 0 Å². The fraction of sp³-hybridized carbons (Fsp3) is 0.217. The molecule has 5 nitrogen and oxygen atoms in total. The van der Waals surface area contributed by atoms with Gasteiger partial charge in [-0.3, -0.25) is 0 Å². The van der Waals surface area contributed by atoms with E-state index >= 15 is 0 Å². The third-order valence-electron chi connectivity index (χ3n) is 4.85. The van der Waals surface area contributed by atoms with Crippen LogP contribution < -0.4 is 10.1 Å². The van der Waals surface area contributed by atoms with Gasteiger partial charge in [0.15, 0.2) is 11.5 Å². The van der Waals surface area contributed by atoms with Crippen LogP contribution in [0.4, 0.5) is 11.5 Å². The lowest BCUT2D eigenvalue weighted by molar-refractivity contribution is 0.337. The van der Waals surface area contributed by atoms with Crippen molar-refractivity contribution in [1.29, 1.82) is 0 Å². The summed E-state index contributed by atoms with van der Waals surface area (Å²) in [5, 5.41) is 4.16. The van der Waals surface area contributed by atoms with Gasteiger partial charge in [-0.1, -0.05) is 30.7 Å². The van der Waals surface area contributed by atoms with Crippen LogP contribution in [0, 0.1) is 6.92 Å².